The Morgan fingerprint density at radius 3 is 1.51 bits per heavy atom. The molecule has 0 spiro atoms. The summed E-state index contributed by atoms with van der Waals surface area (Å²) in [5, 5.41) is 0. The molecule has 0 bridgehead atoms. The van der Waals surface area contributed by atoms with Crippen LogP contribution in [0.5, 0.6) is 0 Å². The van der Waals surface area contributed by atoms with E-state index in [-0.39, 0.29) is 11.3 Å². The summed E-state index contributed by atoms with van der Waals surface area (Å²) in [5.74, 6) is 0. The topological polar surface area (TPSA) is 29.0 Å². The second-order valence-corrected chi connectivity index (χ2v) is 8.09. The number of nitrogens with zero attached hydrogens (tertiary/aromatic N) is 3. The number of aromatic nitrogens is 2. The fraction of sp³-hybridized carbons (Fsp3) is 0. The third-order valence-electron chi connectivity index (χ3n) is 5.72. The number of hydrogen-bond acceptors (Lipinski definition) is 3. The molecular formula is C34H25N3. The van der Waals surface area contributed by atoms with Gasteiger partial charge in [0.25, 0.3) is 0 Å². The van der Waals surface area contributed by atoms with Crippen molar-refractivity contribution in [2.75, 3.05) is 4.90 Å². The maximum Gasteiger partial charge on any atom is 0.0702 e. The van der Waals surface area contributed by atoms with Crippen molar-refractivity contribution in [2.24, 2.45) is 0 Å². The van der Waals surface area contributed by atoms with E-state index in [2.05, 4.69) is 9.97 Å². The molecule has 176 valence electrons. The summed E-state index contributed by atoms with van der Waals surface area (Å²) in [6.07, 6.45) is 3.35. The van der Waals surface area contributed by atoms with Gasteiger partial charge in [0, 0.05) is 40.6 Å². The minimum Gasteiger partial charge on any atom is -0.310 e. The smallest absolute Gasteiger partial charge is 0.0702 e. The van der Waals surface area contributed by atoms with Crippen LogP contribution in [0, 0.1) is 0 Å². The first-order valence-corrected chi connectivity index (χ1v) is 11.6. The molecule has 0 aliphatic rings. The van der Waals surface area contributed by atoms with Crippen LogP contribution >= 0.6 is 0 Å². The molecule has 0 fully saturated rings. The summed E-state index contributed by atoms with van der Waals surface area (Å²) in [5.41, 5.74) is 3.11. The number of benzene rings is 4. The Kier molecular flexibility index (Phi) is 4.04. The van der Waals surface area contributed by atoms with Crippen LogP contribution < -0.4 is 4.90 Å². The third kappa shape index (κ3) is 4.89. The van der Waals surface area contributed by atoms with Crippen LogP contribution in [0.3, 0.4) is 0 Å². The zero-order valence-electron chi connectivity index (χ0n) is 28.6. The number of hydrogen-bond donors (Lipinski definition) is 0. The minimum absolute atomic E-state index is 0.0811. The molecule has 2 aromatic heterocycles. The van der Waals surface area contributed by atoms with Gasteiger partial charge in [-0.15, -0.1) is 0 Å². The van der Waals surface area contributed by atoms with Crippen molar-refractivity contribution < 1.29 is 12.3 Å². The predicted octanol–water partition coefficient (Wildman–Crippen LogP) is 8.95. The van der Waals surface area contributed by atoms with Crippen LogP contribution in [0.1, 0.15) is 12.3 Å². The first-order valence-electron chi connectivity index (χ1n) is 16.1. The number of anilines is 3. The van der Waals surface area contributed by atoms with E-state index in [4.69, 9.17) is 12.3 Å². The molecule has 3 nitrogen and oxygen atoms in total. The molecule has 0 saturated carbocycles. The van der Waals surface area contributed by atoms with E-state index in [0.717, 1.165) is 11.1 Å². The van der Waals surface area contributed by atoms with Crippen LogP contribution in [0.15, 0.2) is 152 Å². The van der Waals surface area contributed by atoms with Gasteiger partial charge in [-0.2, -0.15) is 0 Å². The second-order valence-electron chi connectivity index (χ2n) is 8.09. The SMILES string of the molecule is [2H]c1c([2H])c([2H])c(-c2c([2H])c([2H])c(N(c3cccc(-c4ccccn4)c3)c3cccc(-c4ccccn4)c3)c([2H])c2[2H])c([2H])c1[2H]. The molecule has 0 atom stereocenters. The fourth-order valence-electron chi connectivity index (χ4n) is 4.00. The van der Waals surface area contributed by atoms with Crippen LogP contribution in [0.25, 0.3) is 33.6 Å². The highest BCUT2D eigenvalue weighted by molar-refractivity contribution is 5.82. The highest BCUT2D eigenvalue weighted by atomic mass is 15.1. The first kappa shape index (κ1) is 14.5. The molecule has 4 aromatic carbocycles. The lowest BCUT2D eigenvalue weighted by Crippen LogP contribution is -2.10. The van der Waals surface area contributed by atoms with Gasteiger partial charge in [0.1, 0.15) is 0 Å². The Bertz CT molecular complexity index is 1970. The van der Waals surface area contributed by atoms with E-state index in [1.165, 1.54) is 0 Å². The van der Waals surface area contributed by atoms with Gasteiger partial charge < -0.3 is 4.90 Å². The summed E-state index contributed by atoms with van der Waals surface area (Å²) in [4.78, 5) is 10.5. The summed E-state index contributed by atoms with van der Waals surface area (Å²) in [6.45, 7) is 0. The lowest BCUT2D eigenvalue weighted by molar-refractivity contribution is 1.27. The van der Waals surface area contributed by atoms with Crippen LogP contribution in [0.4, 0.5) is 17.1 Å². The molecule has 0 N–H and O–H groups in total. The molecule has 6 rings (SSSR count). The Labute approximate surface area is 230 Å². The van der Waals surface area contributed by atoms with Crippen molar-refractivity contribution in [3.63, 3.8) is 0 Å². The van der Waals surface area contributed by atoms with Crippen molar-refractivity contribution in [2.45, 2.75) is 0 Å². The first-order chi connectivity index (χ1) is 22.1. The maximum absolute atomic E-state index is 9.17. The Balaban J connectivity index is 1.63. The molecule has 0 aliphatic carbocycles. The van der Waals surface area contributed by atoms with E-state index in [9.17, 15) is 0 Å². The van der Waals surface area contributed by atoms with E-state index in [1.54, 1.807) is 29.4 Å². The molecule has 0 saturated heterocycles. The Hall–Kier alpha value is -5.02. The van der Waals surface area contributed by atoms with Crippen molar-refractivity contribution in [3.8, 4) is 33.6 Å². The second kappa shape index (κ2) is 10.3. The van der Waals surface area contributed by atoms with Crippen molar-refractivity contribution in [3.05, 3.63) is 152 Å². The lowest BCUT2D eigenvalue weighted by atomic mass is 10.0. The monoisotopic (exact) mass is 484 g/mol. The Morgan fingerprint density at radius 1 is 0.459 bits per heavy atom. The molecular weight excluding hydrogens is 450 g/mol. The molecule has 37 heavy (non-hydrogen) atoms. The van der Waals surface area contributed by atoms with E-state index in [0.29, 0.717) is 22.8 Å². The number of pyridine rings is 2. The van der Waals surface area contributed by atoms with E-state index < -0.39 is 59.9 Å². The van der Waals surface area contributed by atoms with Gasteiger partial charge in [0.15, 0.2) is 0 Å². The van der Waals surface area contributed by atoms with E-state index in [1.807, 2.05) is 72.8 Å². The van der Waals surface area contributed by atoms with Gasteiger partial charge >= 0.3 is 0 Å². The summed E-state index contributed by atoms with van der Waals surface area (Å²) < 4.78 is 77.4. The van der Waals surface area contributed by atoms with Gasteiger partial charge in [-0.05, 0) is 71.7 Å². The molecule has 0 unspecified atom stereocenters. The standard InChI is InChI=1S/C34H25N3/c1-2-10-26(11-3-1)27-18-20-30(21-19-27)37(31-14-8-12-28(24-31)33-16-4-6-22-35-33)32-15-9-13-29(25-32)34-17-5-7-23-36-34/h1-25H/i1D,2D,3D,10D,11D,18D,19D,20D,21D. The molecule has 0 amide bonds. The van der Waals surface area contributed by atoms with Gasteiger partial charge in [-0.25, -0.2) is 0 Å². The zero-order chi connectivity index (χ0) is 32.7. The van der Waals surface area contributed by atoms with Crippen LogP contribution in [0.2, 0.25) is 0 Å². The van der Waals surface area contributed by atoms with Gasteiger partial charge in [-0.3, -0.25) is 9.97 Å². The average molecular weight is 485 g/mol. The highest BCUT2D eigenvalue weighted by Gasteiger charge is 2.15. The third-order valence-corrected chi connectivity index (χ3v) is 5.72. The van der Waals surface area contributed by atoms with Gasteiger partial charge in [-0.1, -0.05) is 78.7 Å². The summed E-state index contributed by atoms with van der Waals surface area (Å²) in [6, 6.07) is 20.6. The van der Waals surface area contributed by atoms with Crippen LogP contribution in [-0.4, -0.2) is 9.97 Å². The normalized spacial score (nSPS) is 14.1. The van der Waals surface area contributed by atoms with Crippen molar-refractivity contribution >= 4 is 17.1 Å². The molecule has 6 aromatic rings. The lowest BCUT2D eigenvalue weighted by Gasteiger charge is -2.26. The largest absolute Gasteiger partial charge is 0.310 e. The van der Waals surface area contributed by atoms with Crippen molar-refractivity contribution in [1.82, 2.24) is 9.97 Å². The fourth-order valence-corrected chi connectivity index (χ4v) is 4.00. The highest BCUT2D eigenvalue weighted by Crippen LogP contribution is 2.38. The molecule has 0 aliphatic heterocycles. The molecule has 3 heteroatoms. The molecule has 0 radical (unpaired) electrons. The average Bonchev–Trinajstić information content (AvgIpc) is 3.10. The zero-order valence-corrected chi connectivity index (χ0v) is 19.6. The summed E-state index contributed by atoms with van der Waals surface area (Å²) in [7, 11) is 0. The number of rotatable bonds is 6. The quantitative estimate of drug-likeness (QED) is 0.236. The molecule has 2 heterocycles. The van der Waals surface area contributed by atoms with Gasteiger partial charge in [0.05, 0.1) is 23.7 Å². The maximum atomic E-state index is 9.17. The van der Waals surface area contributed by atoms with Crippen molar-refractivity contribution in [1.29, 1.82) is 0 Å². The van der Waals surface area contributed by atoms with E-state index >= 15 is 0 Å². The summed E-state index contributed by atoms with van der Waals surface area (Å²) >= 11 is 0. The van der Waals surface area contributed by atoms with Gasteiger partial charge in [0.2, 0.25) is 0 Å². The Morgan fingerprint density at radius 2 is 1.00 bits per heavy atom. The predicted molar refractivity (Wildman–Crippen MR) is 153 cm³/mol. The minimum atomic E-state index is -0.628. The van der Waals surface area contributed by atoms with Crippen LogP contribution in [-0.2, 0) is 0 Å².